The molecular weight excluding hydrogens is 466 g/mol. The third-order valence-electron chi connectivity index (χ3n) is 7.09. The van der Waals surface area contributed by atoms with Crippen molar-refractivity contribution in [3.8, 4) is 22.8 Å². The average molecular weight is 496 g/mol. The summed E-state index contributed by atoms with van der Waals surface area (Å²) in [6.45, 7) is 4.24. The van der Waals surface area contributed by atoms with E-state index in [4.69, 9.17) is 9.47 Å². The number of aromatic nitrogens is 2. The van der Waals surface area contributed by atoms with Gasteiger partial charge in [0.2, 0.25) is 0 Å². The Kier molecular flexibility index (Phi) is 5.62. The molecule has 9 heteroatoms. The number of hydrogen-bond acceptors (Lipinski definition) is 6. The number of nitrogens with zero attached hydrogens (tertiary/aromatic N) is 3. The van der Waals surface area contributed by atoms with Crippen LogP contribution in [0.4, 0.5) is 0 Å². The highest BCUT2D eigenvalue weighted by Gasteiger charge is 2.46. The molecular formula is C26H29N3O5S. The zero-order valence-electron chi connectivity index (χ0n) is 20.3. The van der Waals surface area contributed by atoms with Crippen LogP contribution >= 0.6 is 0 Å². The molecule has 5 rings (SSSR count). The normalized spacial score (nSPS) is 16.5. The van der Waals surface area contributed by atoms with Gasteiger partial charge in [-0.1, -0.05) is 12.1 Å². The Morgan fingerprint density at radius 1 is 1.14 bits per heavy atom. The van der Waals surface area contributed by atoms with Crippen LogP contribution in [0.5, 0.6) is 11.5 Å². The number of carbonyl (C=O) groups excluding carboxylic acids is 1. The van der Waals surface area contributed by atoms with Crippen LogP contribution in [-0.2, 0) is 22.5 Å². The quantitative estimate of drug-likeness (QED) is 0.547. The first-order valence-electron chi connectivity index (χ1n) is 11.7. The third-order valence-corrected chi connectivity index (χ3v) is 9.24. The highest BCUT2D eigenvalue weighted by molar-refractivity contribution is 7.92. The molecule has 3 aromatic rings. The lowest BCUT2D eigenvalue weighted by Crippen LogP contribution is -2.49. The van der Waals surface area contributed by atoms with Crippen molar-refractivity contribution in [2.45, 2.75) is 42.4 Å². The number of ether oxygens (including phenoxy) is 2. The molecule has 0 aliphatic carbocycles. The Balaban J connectivity index is 1.40. The van der Waals surface area contributed by atoms with Gasteiger partial charge in [-0.15, -0.1) is 0 Å². The van der Waals surface area contributed by atoms with Crippen LogP contribution in [0.2, 0.25) is 0 Å². The first kappa shape index (κ1) is 23.4. The number of fused-ring (bicyclic) bond motifs is 4. The highest BCUT2D eigenvalue weighted by Crippen LogP contribution is 2.49. The van der Waals surface area contributed by atoms with Crippen molar-refractivity contribution in [3.63, 3.8) is 0 Å². The lowest BCUT2D eigenvalue weighted by atomic mass is 9.81. The van der Waals surface area contributed by atoms with E-state index in [0.717, 1.165) is 22.6 Å². The van der Waals surface area contributed by atoms with Crippen molar-refractivity contribution < 1.29 is 22.7 Å². The molecule has 0 atom stereocenters. The summed E-state index contributed by atoms with van der Waals surface area (Å²) >= 11 is 0. The third kappa shape index (κ3) is 3.69. The molecule has 3 heterocycles. The van der Waals surface area contributed by atoms with Gasteiger partial charge < -0.3 is 14.4 Å². The van der Waals surface area contributed by atoms with Gasteiger partial charge in [-0.3, -0.25) is 9.48 Å². The maximum atomic E-state index is 13.4. The van der Waals surface area contributed by atoms with Crippen LogP contribution in [0.15, 0.2) is 53.6 Å². The molecule has 35 heavy (non-hydrogen) atoms. The van der Waals surface area contributed by atoms with Gasteiger partial charge in [0, 0.05) is 44.1 Å². The fourth-order valence-corrected chi connectivity index (χ4v) is 6.09. The van der Waals surface area contributed by atoms with E-state index < -0.39 is 20.7 Å². The minimum absolute atomic E-state index is 0.150. The Morgan fingerprint density at radius 3 is 2.54 bits per heavy atom. The van der Waals surface area contributed by atoms with Crippen LogP contribution in [0.3, 0.4) is 0 Å². The molecule has 1 spiro atoms. The molecule has 2 aliphatic rings. The first-order chi connectivity index (χ1) is 16.7. The second-order valence-corrected chi connectivity index (χ2v) is 11.9. The van der Waals surface area contributed by atoms with Crippen molar-refractivity contribution in [3.05, 3.63) is 59.8 Å². The van der Waals surface area contributed by atoms with Gasteiger partial charge in [0.05, 0.1) is 34.7 Å². The number of hydrogen-bond donors (Lipinski definition) is 0. The number of piperidine rings is 1. The number of rotatable bonds is 4. The second-order valence-electron chi connectivity index (χ2n) is 9.37. The van der Waals surface area contributed by atoms with Gasteiger partial charge in [0.25, 0.3) is 5.91 Å². The number of likely N-dealkylation sites (tertiary alicyclic amines) is 1. The summed E-state index contributed by atoms with van der Waals surface area (Å²) in [5.41, 5.74) is 2.92. The Labute approximate surface area is 205 Å². The van der Waals surface area contributed by atoms with Crippen LogP contribution in [0, 0.1) is 0 Å². The predicted octanol–water partition coefficient (Wildman–Crippen LogP) is 3.80. The molecule has 0 radical (unpaired) electrons. The standard InChI is InChI=1S/C26H29N3O5S/c1-17(2)35(31,32)18-9-10-20(23(15-18)33-4)25(30)29-13-11-26(12-14-29)21-16-27-28(3)24(21)19-7-5-6-8-22(19)34-26/h5-10,15-17H,11-14H2,1-4H3. The first-order valence-corrected chi connectivity index (χ1v) is 13.2. The minimum atomic E-state index is -3.48. The van der Waals surface area contributed by atoms with Crippen LogP contribution < -0.4 is 9.47 Å². The summed E-state index contributed by atoms with van der Waals surface area (Å²) in [4.78, 5) is 15.4. The number of sulfone groups is 1. The Hall–Kier alpha value is -3.33. The van der Waals surface area contributed by atoms with Crippen LogP contribution in [0.25, 0.3) is 11.3 Å². The molecule has 1 fully saturated rings. The molecule has 1 amide bonds. The molecule has 1 saturated heterocycles. The van der Waals surface area contributed by atoms with Crippen LogP contribution in [-0.4, -0.2) is 54.5 Å². The predicted molar refractivity (Wildman–Crippen MR) is 131 cm³/mol. The fraction of sp³-hybridized carbons (Fsp3) is 0.385. The zero-order chi connectivity index (χ0) is 25.0. The molecule has 184 valence electrons. The summed E-state index contributed by atoms with van der Waals surface area (Å²) < 4.78 is 39.0. The zero-order valence-corrected chi connectivity index (χ0v) is 21.1. The summed E-state index contributed by atoms with van der Waals surface area (Å²) in [7, 11) is -0.0977. The smallest absolute Gasteiger partial charge is 0.257 e. The number of methoxy groups -OCH3 is 1. The average Bonchev–Trinajstić information content (AvgIpc) is 3.26. The summed E-state index contributed by atoms with van der Waals surface area (Å²) in [6, 6.07) is 12.4. The van der Waals surface area contributed by atoms with Crippen molar-refractivity contribution in [1.29, 1.82) is 0 Å². The van der Waals surface area contributed by atoms with Gasteiger partial charge in [0.15, 0.2) is 9.84 Å². The fourth-order valence-electron chi connectivity index (χ4n) is 5.02. The maximum Gasteiger partial charge on any atom is 0.257 e. The Bertz CT molecular complexity index is 1400. The van der Waals surface area contributed by atoms with E-state index in [1.54, 1.807) is 24.8 Å². The van der Waals surface area contributed by atoms with Crippen molar-refractivity contribution >= 4 is 15.7 Å². The van der Waals surface area contributed by atoms with Crippen molar-refractivity contribution in [2.75, 3.05) is 20.2 Å². The second kappa shape index (κ2) is 8.41. The van der Waals surface area contributed by atoms with Gasteiger partial charge in [-0.2, -0.15) is 5.10 Å². The number of para-hydroxylation sites is 1. The van der Waals surface area contributed by atoms with E-state index in [9.17, 15) is 13.2 Å². The monoisotopic (exact) mass is 495 g/mol. The number of benzene rings is 2. The lowest BCUT2D eigenvalue weighted by Gasteiger charge is -2.44. The van der Waals surface area contributed by atoms with Crippen molar-refractivity contribution in [2.24, 2.45) is 7.05 Å². The van der Waals surface area contributed by atoms with E-state index in [1.807, 2.05) is 42.2 Å². The van der Waals surface area contributed by atoms with Gasteiger partial charge in [-0.25, -0.2) is 8.42 Å². The largest absolute Gasteiger partial charge is 0.496 e. The molecule has 2 aliphatic heterocycles. The van der Waals surface area contributed by atoms with E-state index in [1.165, 1.54) is 19.2 Å². The van der Waals surface area contributed by atoms with E-state index in [2.05, 4.69) is 5.10 Å². The van der Waals surface area contributed by atoms with Crippen molar-refractivity contribution in [1.82, 2.24) is 14.7 Å². The number of amides is 1. The molecule has 1 aromatic heterocycles. The molecule has 2 aromatic carbocycles. The summed E-state index contributed by atoms with van der Waals surface area (Å²) in [6.07, 6.45) is 3.11. The Morgan fingerprint density at radius 2 is 1.86 bits per heavy atom. The van der Waals surface area contributed by atoms with E-state index in [0.29, 0.717) is 31.5 Å². The van der Waals surface area contributed by atoms with Gasteiger partial charge >= 0.3 is 0 Å². The van der Waals surface area contributed by atoms with Gasteiger partial charge in [0.1, 0.15) is 17.1 Å². The van der Waals surface area contributed by atoms with E-state index >= 15 is 0 Å². The molecule has 0 bridgehead atoms. The topological polar surface area (TPSA) is 90.7 Å². The SMILES string of the molecule is COc1cc(S(=O)(=O)C(C)C)ccc1C(=O)N1CCC2(CC1)Oc1ccccc1-c1c2cnn1C. The van der Waals surface area contributed by atoms with Crippen LogP contribution in [0.1, 0.15) is 42.6 Å². The highest BCUT2D eigenvalue weighted by atomic mass is 32.2. The number of aryl methyl sites for hydroxylation is 1. The van der Waals surface area contributed by atoms with Gasteiger partial charge in [-0.05, 0) is 44.2 Å². The number of carbonyl (C=O) groups is 1. The summed E-state index contributed by atoms with van der Waals surface area (Å²) in [5, 5.41) is 3.94. The summed E-state index contributed by atoms with van der Waals surface area (Å²) in [5.74, 6) is 0.897. The van der Waals surface area contributed by atoms with E-state index in [-0.39, 0.29) is 16.6 Å². The minimum Gasteiger partial charge on any atom is -0.496 e. The molecule has 0 saturated carbocycles. The molecule has 0 unspecified atom stereocenters. The molecule has 0 N–H and O–H groups in total. The maximum absolute atomic E-state index is 13.4. The molecule has 8 nitrogen and oxygen atoms in total. The lowest BCUT2D eigenvalue weighted by molar-refractivity contribution is -0.00180.